The number of carbonyl (C=O) groups excluding carboxylic acids is 1. The van der Waals surface area contributed by atoms with E-state index in [-0.39, 0.29) is 5.91 Å². The summed E-state index contributed by atoms with van der Waals surface area (Å²) in [4.78, 5) is 28.2. The number of carbonyl (C=O) groups is 2. The molecule has 1 saturated heterocycles. The largest absolute Gasteiger partial charge is 0.490 e. The number of nitrogens with one attached hydrogen (secondary N) is 1. The summed E-state index contributed by atoms with van der Waals surface area (Å²) in [6, 6.07) is 11.2. The Bertz CT molecular complexity index is 1060. The lowest BCUT2D eigenvalue weighted by molar-refractivity contribution is -0.139. The van der Waals surface area contributed by atoms with Gasteiger partial charge in [0.25, 0.3) is 5.91 Å². The van der Waals surface area contributed by atoms with Crippen LogP contribution in [0.4, 0.5) is 5.69 Å². The van der Waals surface area contributed by atoms with Gasteiger partial charge in [-0.3, -0.25) is 4.79 Å². The van der Waals surface area contributed by atoms with E-state index in [2.05, 4.69) is 55.5 Å². The molecule has 2 N–H and O–H groups in total. The Labute approximate surface area is 204 Å². The van der Waals surface area contributed by atoms with Crippen LogP contribution in [0.15, 0.2) is 46.3 Å². The lowest BCUT2D eigenvalue weighted by atomic mass is 10.2. The summed E-state index contributed by atoms with van der Waals surface area (Å²) >= 11 is 5.51. The number of aliphatic imine (C=N–C) groups is 1. The van der Waals surface area contributed by atoms with Gasteiger partial charge in [0, 0.05) is 3.57 Å². The molecule has 156 valence electrons. The number of hydrogen-bond donors (Lipinski definition) is 2. The lowest BCUT2D eigenvalue weighted by Crippen LogP contribution is -2.19. The van der Waals surface area contributed by atoms with Gasteiger partial charge in [-0.1, -0.05) is 12.1 Å². The Morgan fingerprint density at radius 1 is 1.23 bits per heavy atom. The SMILES string of the molecule is CCOc1cc(/C=C2/SC(=Nc3ccccc3I)NC2=O)cc(I)c1OCC(=O)O. The number of amidine groups is 1. The van der Waals surface area contributed by atoms with Gasteiger partial charge in [-0.2, -0.15) is 0 Å². The fourth-order valence-corrected chi connectivity index (χ4v) is 4.62. The molecule has 0 bridgehead atoms. The minimum Gasteiger partial charge on any atom is -0.490 e. The van der Waals surface area contributed by atoms with Crippen molar-refractivity contribution >= 4 is 85.8 Å². The Morgan fingerprint density at radius 3 is 2.70 bits per heavy atom. The predicted molar refractivity (Wildman–Crippen MR) is 133 cm³/mol. The van der Waals surface area contributed by atoms with Gasteiger partial charge in [-0.05, 0) is 99.8 Å². The smallest absolute Gasteiger partial charge is 0.341 e. The third kappa shape index (κ3) is 5.88. The minimum absolute atomic E-state index is 0.233. The summed E-state index contributed by atoms with van der Waals surface area (Å²) in [5, 5.41) is 12.2. The van der Waals surface area contributed by atoms with E-state index in [1.54, 1.807) is 18.2 Å². The number of para-hydroxylation sites is 1. The van der Waals surface area contributed by atoms with Crippen LogP contribution in [0.25, 0.3) is 6.08 Å². The molecule has 2 aromatic rings. The predicted octanol–water partition coefficient (Wildman–Crippen LogP) is 4.65. The van der Waals surface area contributed by atoms with Crippen molar-refractivity contribution in [1.82, 2.24) is 5.32 Å². The molecule has 3 rings (SSSR count). The maximum absolute atomic E-state index is 12.4. The average Bonchev–Trinajstić information content (AvgIpc) is 3.02. The molecule has 0 spiro atoms. The molecule has 0 saturated carbocycles. The fraction of sp³-hybridized carbons (Fsp3) is 0.150. The number of rotatable bonds is 7. The molecule has 0 radical (unpaired) electrons. The van der Waals surface area contributed by atoms with Crippen LogP contribution >= 0.6 is 56.9 Å². The van der Waals surface area contributed by atoms with E-state index >= 15 is 0 Å². The average molecular weight is 650 g/mol. The molecule has 7 nitrogen and oxygen atoms in total. The van der Waals surface area contributed by atoms with Gasteiger partial charge < -0.3 is 19.9 Å². The van der Waals surface area contributed by atoms with Gasteiger partial charge in [-0.25, -0.2) is 9.79 Å². The number of aliphatic carboxylic acids is 1. The third-order valence-corrected chi connectivity index (χ3v) is 6.32. The number of nitrogens with zero attached hydrogens (tertiary/aromatic N) is 1. The van der Waals surface area contributed by atoms with E-state index in [1.165, 1.54) is 11.8 Å². The molecule has 0 aliphatic carbocycles. The molecule has 1 heterocycles. The monoisotopic (exact) mass is 650 g/mol. The number of benzene rings is 2. The zero-order chi connectivity index (χ0) is 21.7. The zero-order valence-electron chi connectivity index (χ0n) is 15.6. The third-order valence-electron chi connectivity index (χ3n) is 3.69. The van der Waals surface area contributed by atoms with Crippen molar-refractivity contribution in [3.05, 3.63) is 54.0 Å². The first-order chi connectivity index (χ1) is 14.4. The van der Waals surface area contributed by atoms with Gasteiger partial charge >= 0.3 is 5.97 Å². The standard InChI is InChI=1S/C20H16I2N2O5S/c1-2-28-15-8-11(7-13(22)18(15)29-10-17(25)26)9-16-19(27)24-20(30-16)23-14-6-4-3-5-12(14)21/h3-9H,2,10H2,1H3,(H,25,26)(H,23,24,27)/b16-9+. The van der Waals surface area contributed by atoms with Crippen LogP contribution in [0.2, 0.25) is 0 Å². The van der Waals surface area contributed by atoms with E-state index in [1.807, 2.05) is 31.2 Å². The van der Waals surface area contributed by atoms with Crippen molar-refractivity contribution in [1.29, 1.82) is 0 Å². The fourth-order valence-electron chi connectivity index (χ4n) is 2.49. The van der Waals surface area contributed by atoms with Crippen molar-refractivity contribution < 1.29 is 24.2 Å². The topological polar surface area (TPSA) is 97.2 Å². The molecule has 0 unspecified atom stereocenters. The number of thioether (sulfide) groups is 1. The lowest BCUT2D eigenvalue weighted by Gasteiger charge is -2.13. The van der Waals surface area contributed by atoms with Gasteiger partial charge in [-0.15, -0.1) is 0 Å². The van der Waals surface area contributed by atoms with Crippen LogP contribution < -0.4 is 14.8 Å². The number of carboxylic acid groups (broad SMARTS) is 1. The summed E-state index contributed by atoms with van der Waals surface area (Å²) in [7, 11) is 0. The summed E-state index contributed by atoms with van der Waals surface area (Å²) < 4.78 is 12.6. The van der Waals surface area contributed by atoms with Crippen LogP contribution in [0.5, 0.6) is 11.5 Å². The molecule has 1 amide bonds. The number of hydrogen-bond acceptors (Lipinski definition) is 6. The summed E-state index contributed by atoms with van der Waals surface area (Å²) in [5.41, 5.74) is 1.52. The maximum Gasteiger partial charge on any atom is 0.341 e. The summed E-state index contributed by atoms with van der Waals surface area (Å²) in [6.07, 6.45) is 1.74. The highest BCUT2D eigenvalue weighted by molar-refractivity contribution is 14.1. The molecular formula is C20H16I2N2O5S. The number of amides is 1. The summed E-state index contributed by atoms with van der Waals surface area (Å²) in [5.74, 6) is -0.512. The zero-order valence-corrected chi connectivity index (χ0v) is 20.8. The Balaban J connectivity index is 1.88. The molecule has 1 fully saturated rings. The highest BCUT2D eigenvalue weighted by Gasteiger charge is 2.24. The molecule has 30 heavy (non-hydrogen) atoms. The maximum atomic E-state index is 12.4. The first kappa shape index (κ1) is 22.9. The molecule has 0 atom stereocenters. The highest BCUT2D eigenvalue weighted by atomic mass is 127. The van der Waals surface area contributed by atoms with Crippen molar-refractivity contribution in [2.75, 3.05) is 13.2 Å². The second-order valence-electron chi connectivity index (χ2n) is 5.88. The molecular weight excluding hydrogens is 634 g/mol. The summed E-state index contributed by atoms with van der Waals surface area (Å²) in [6.45, 7) is 1.75. The Morgan fingerprint density at radius 2 is 2.00 bits per heavy atom. The number of halogens is 2. The first-order valence-electron chi connectivity index (χ1n) is 8.72. The van der Waals surface area contributed by atoms with Crippen molar-refractivity contribution in [2.45, 2.75) is 6.92 Å². The quantitative estimate of drug-likeness (QED) is 0.335. The number of ether oxygens (including phenoxy) is 2. The molecule has 2 aromatic carbocycles. The van der Waals surface area contributed by atoms with Crippen molar-refractivity contribution in [3.63, 3.8) is 0 Å². The van der Waals surface area contributed by atoms with Crippen LogP contribution in [0, 0.1) is 7.14 Å². The first-order valence-corrected chi connectivity index (χ1v) is 11.7. The molecule has 10 heteroatoms. The van der Waals surface area contributed by atoms with Crippen molar-refractivity contribution in [3.8, 4) is 11.5 Å². The van der Waals surface area contributed by atoms with Gasteiger partial charge in [0.2, 0.25) is 0 Å². The van der Waals surface area contributed by atoms with Crippen LogP contribution in [0.1, 0.15) is 12.5 Å². The van der Waals surface area contributed by atoms with E-state index in [0.29, 0.717) is 31.7 Å². The van der Waals surface area contributed by atoms with E-state index in [4.69, 9.17) is 14.6 Å². The Kier molecular flexibility index (Phi) is 7.99. The Hall–Kier alpha value is -1.80. The van der Waals surface area contributed by atoms with Crippen LogP contribution in [-0.2, 0) is 9.59 Å². The molecule has 1 aliphatic heterocycles. The second kappa shape index (κ2) is 10.5. The molecule has 1 aliphatic rings. The highest BCUT2D eigenvalue weighted by Crippen LogP contribution is 2.36. The van der Waals surface area contributed by atoms with Crippen LogP contribution in [0.3, 0.4) is 0 Å². The normalized spacial score (nSPS) is 16.0. The van der Waals surface area contributed by atoms with E-state index in [9.17, 15) is 9.59 Å². The second-order valence-corrected chi connectivity index (χ2v) is 9.23. The molecule has 0 aromatic heterocycles. The minimum atomic E-state index is -1.07. The number of carboxylic acids is 1. The van der Waals surface area contributed by atoms with E-state index in [0.717, 1.165) is 14.8 Å². The van der Waals surface area contributed by atoms with Crippen molar-refractivity contribution in [2.24, 2.45) is 4.99 Å². The van der Waals surface area contributed by atoms with Gasteiger partial charge in [0.15, 0.2) is 23.3 Å². The van der Waals surface area contributed by atoms with Gasteiger partial charge in [0.1, 0.15) is 0 Å². The van der Waals surface area contributed by atoms with Crippen LogP contribution in [-0.4, -0.2) is 35.4 Å². The van der Waals surface area contributed by atoms with Gasteiger partial charge in [0.05, 0.1) is 20.8 Å². The van der Waals surface area contributed by atoms with E-state index < -0.39 is 12.6 Å².